The number of carbonyl (C=O) groups is 1. The molecule has 0 aromatic carbocycles. The molecule has 1 saturated heterocycles. The van der Waals surface area contributed by atoms with Gasteiger partial charge in [0.2, 0.25) is 0 Å². The van der Waals surface area contributed by atoms with E-state index in [0.29, 0.717) is 22.7 Å². The summed E-state index contributed by atoms with van der Waals surface area (Å²) in [5.41, 5.74) is 6.36. The summed E-state index contributed by atoms with van der Waals surface area (Å²) >= 11 is 6.21. The number of anilines is 1. The Morgan fingerprint density at radius 1 is 1.32 bits per heavy atom. The van der Waals surface area contributed by atoms with Gasteiger partial charge < -0.3 is 15.4 Å². The molecular weight excluding hydrogens is 340 g/mol. The molecule has 0 saturated carbocycles. The van der Waals surface area contributed by atoms with Crippen LogP contribution in [0.15, 0.2) is 0 Å². The molecule has 6 nitrogen and oxygen atoms in total. The number of nitrogens with two attached hydrogens (primary N) is 1. The number of halogens is 1. The number of ether oxygens (including phenoxy) is 1. The highest BCUT2D eigenvalue weighted by Crippen LogP contribution is 2.27. The van der Waals surface area contributed by atoms with Gasteiger partial charge in [0, 0.05) is 18.7 Å². The fraction of sp³-hybridized carbons (Fsp3) is 0.722. The summed E-state index contributed by atoms with van der Waals surface area (Å²) in [5, 5.41) is 0.453. The van der Waals surface area contributed by atoms with E-state index in [0.717, 1.165) is 50.8 Å². The second kappa shape index (κ2) is 8.21. The van der Waals surface area contributed by atoms with Crippen LogP contribution in [0.3, 0.4) is 0 Å². The van der Waals surface area contributed by atoms with Crippen LogP contribution in [0.1, 0.15) is 57.8 Å². The average molecular weight is 369 g/mol. The first-order valence-corrected chi connectivity index (χ1v) is 9.30. The fourth-order valence-corrected chi connectivity index (χ4v) is 3.44. The number of likely N-dealkylation sites (tertiary alicyclic amines) is 1. The lowest BCUT2D eigenvalue weighted by Crippen LogP contribution is -2.37. The highest BCUT2D eigenvalue weighted by Gasteiger charge is 2.25. The van der Waals surface area contributed by atoms with Gasteiger partial charge in [0.1, 0.15) is 22.4 Å². The summed E-state index contributed by atoms with van der Waals surface area (Å²) < 4.78 is 5.48. The first kappa shape index (κ1) is 19.8. The van der Waals surface area contributed by atoms with Crippen LogP contribution >= 0.6 is 11.6 Å². The number of aromatic nitrogens is 2. The summed E-state index contributed by atoms with van der Waals surface area (Å²) in [6, 6.07) is 0. The zero-order chi connectivity index (χ0) is 18.6. The van der Waals surface area contributed by atoms with Crippen LogP contribution in [-0.4, -0.2) is 39.7 Å². The zero-order valence-corrected chi connectivity index (χ0v) is 16.4. The van der Waals surface area contributed by atoms with Crippen LogP contribution in [0.5, 0.6) is 0 Å². The van der Waals surface area contributed by atoms with Crippen molar-refractivity contribution in [2.24, 2.45) is 5.92 Å². The van der Waals surface area contributed by atoms with Gasteiger partial charge in [0.25, 0.3) is 0 Å². The topological polar surface area (TPSA) is 81.3 Å². The van der Waals surface area contributed by atoms with Gasteiger partial charge in [-0.25, -0.2) is 14.8 Å². The van der Waals surface area contributed by atoms with Crippen LogP contribution in [-0.2, 0) is 11.2 Å². The van der Waals surface area contributed by atoms with E-state index >= 15 is 0 Å². The molecule has 0 radical (unpaired) electrons. The number of nitrogens with zero attached hydrogens (tertiary/aromatic N) is 3. The molecule has 0 bridgehead atoms. The minimum atomic E-state index is -0.456. The van der Waals surface area contributed by atoms with Gasteiger partial charge >= 0.3 is 6.09 Å². The molecule has 140 valence electrons. The molecule has 1 fully saturated rings. The minimum absolute atomic E-state index is 0.215. The summed E-state index contributed by atoms with van der Waals surface area (Å²) in [7, 11) is 0. The SMILES string of the molecule is Cc1nc(N)c(CCC2CCCN(C(=O)OC(C)(C)C)CC2)c(Cl)n1. The number of hydrogen-bond donors (Lipinski definition) is 1. The smallest absolute Gasteiger partial charge is 0.410 e. The third-order valence-corrected chi connectivity index (χ3v) is 4.72. The predicted molar refractivity (Wildman–Crippen MR) is 99.7 cm³/mol. The van der Waals surface area contributed by atoms with Crippen LogP contribution in [0.25, 0.3) is 0 Å². The summed E-state index contributed by atoms with van der Waals surface area (Å²) in [5.74, 6) is 1.60. The van der Waals surface area contributed by atoms with E-state index in [2.05, 4.69) is 9.97 Å². The Hall–Kier alpha value is -1.56. The summed E-state index contributed by atoms with van der Waals surface area (Å²) in [6.07, 6.45) is 4.55. The molecule has 2 N–H and O–H groups in total. The monoisotopic (exact) mass is 368 g/mol. The Labute approximate surface area is 155 Å². The van der Waals surface area contributed by atoms with E-state index in [9.17, 15) is 4.79 Å². The van der Waals surface area contributed by atoms with Crippen molar-refractivity contribution in [3.63, 3.8) is 0 Å². The maximum absolute atomic E-state index is 12.2. The molecule has 1 aromatic heterocycles. The minimum Gasteiger partial charge on any atom is -0.444 e. The summed E-state index contributed by atoms with van der Waals surface area (Å²) in [6.45, 7) is 8.94. The molecule has 1 atom stereocenters. The molecule has 0 aliphatic carbocycles. The Bertz CT molecular complexity index is 593. The Morgan fingerprint density at radius 3 is 2.68 bits per heavy atom. The molecule has 2 heterocycles. The first-order chi connectivity index (χ1) is 11.7. The summed E-state index contributed by atoms with van der Waals surface area (Å²) in [4.78, 5) is 22.4. The molecular formula is C18H29ClN4O2. The van der Waals surface area contributed by atoms with Gasteiger partial charge in [0.05, 0.1) is 0 Å². The van der Waals surface area contributed by atoms with Crippen molar-refractivity contribution >= 4 is 23.5 Å². The van der Waals surface area contributed by atoms with Crippen molar-refractivity contribution in [3.05, 3.63) is 16.5 Å². The second-order valence-electron chi connectivity index (χ2n) is 7.73. The van der Waals surface area contributed by atoms with E-state index in [-0.39, 0.29) is 6.09 Å². The molecule has 2 rings (SSSR count). The number of nitrogen functional groups attached to an aromatic ring is 1. The van der Waals surface area contributed by atoms with Gasteiger partial charge in [-0.3, -0.25) is 0 Å². The van der Waals surface area contributed by atoms with Crippen LogP contribution in [0.2, 0.25) is 5.15 Å². The molecule has 7 heteroatoms. The lowest BCUT2D eigenvalue weighted by Gasteiger charge is -2.26. The third kappa shape index (κ3) is 6.03. The number of aryl methyl sites for hydroxylation is 1. The highest BCUT2D eigenvalue weighted by molar-refractivity contribution is 6.30. The van der Waals surface area contributed by atoms with Crippen molar-refractivity contribution in [1.82, 2.24) is 14.9 Å². The molecule has 1 unspecified atom stereocenters. The molecule has 1 amide bonds. The van der Waals surface area contributed by atoms with Gasteiger partial charge in [-0.15, -0.1) is 0 Å². The third-order valence-electron chi connectivity index (χ3n) is 4.40. The van der Waals surface area contributed by atoms with Gasteiger partial charge in [-0.1, -0.05) is 11.6 Å². The maximum atomic E-state index is 12.2. The first-order valence-electron chi connectivity index (χ1n) is 8.92. The van der Waals surface area contributed by atoms with E-state index < -0.39 is 5.60 Å². The Morgan fingerprint density at radius 2 is 2.04 bits per heavy atom. The van der Waals surface area contributed by atoms with Gasteiger partial charge in [-0.2, -0.15) is 0 Å². The van der Waals surface area contributed by atoms with Crippen molar-refractivity contribution in [2.75, 3.05) is 18.8 Å². The Balaban J connectivity index is 1.88. The van der Waals surface area contributed by atoms with E-state index in [4.69, 9.17) is 22.1 Å². The normalized spacial score (nSPS) is 18.8. The second-order valence-corrected chi connectivity index (χ2v) is 8.09. The number of hydrogen-bond acceptors (Lipinski definition) is 5. The van der Waals surface area contributed by atoms with E-state index in [1.165, 1.54) is 0 Å². The molecule has 25 heavy (non-hydrogen) atoms. The predicted octanol–water partition coefficient (Wildman–Crippen LogP) is 3.99. The van der Waals surface area contributed by atoms with Crippen molar-refractivity contribution < 1.29 is 9.53 Å². The van der Waals surface area contributed by atoms with Crippen LogP contribution in [0, 0.1) is 12.8 Å². The molecule has 0 spiro atoms. The quantitative estimate of drug-likeness (QED) is 0.815. The molecule has 1 aliphatic rings. The Kier molecular flexibility index (Phi) is 6.49. The average Bonchev–Trinajstić information content (AvgIpc) is 2.70. The fourth-order valence-electron chi connectivity index (χ4n) is 3.12. The largest absolute Gasteiger partial charge is 0.444 e. The van der Waals surface area contributed by atoms with Gasteiger partial charge in [-0.05, 0) is 65.7 Å². The van der Waals surface area contributed by atoms with Crippen LogP contribution < -0.4 is 5.73 Å². The van der Waals surface area contributed by atoms with Crippen LogP contribution in [0.4, 0.5) is 10.6 Å². The lowest BCUT2D eigenvalue weighted by molar-refractivity contribution is 0.0255. The van der Waals surface area contributed by atoms with Crippen molar-refractivity contribution in [1.29, 1.82) is 0 Å². The van der Waals surface area contributed by atoms with Crippen molar-refractivity contribution in [2.45, 2.75) is 65.4 Å². The van der Waals surface area contributed by atoms with Crippen molar-refractivity contribution in [3.8, 4) is 0 Å². The molecule has 1 aliphatic heterocycles. The molecule has 1 aromatic rings. The van der Waals surface area contributed by atoms with E-state index in [1.807, 2.05) is 25.7 Å². The standard InChI is InChI=1S/C18H29ClN4O2/c1-12-21-15(19)14(16(20)22-12)8-7-13-6-5-10-23(11-9-13)17(24)25-18(2,3)4/h13H,5-11H2,1-4H3,(H2,20,21,22). The van der Waals surface area contributed by atoms with E-state index in [1.54, 1.807) is 6.92 Å². The zero-order valence-electron chi connectivity index (χ0n) is 15.6. The number of amides is 1. The lowest BCUT2D eigenvalue weighted by atomic mass is 9.93. The maximum Gasteiger partial charge on any atom is 0.410 e. The van der Waals surface area contributed by atoms with Gasteiger partial charge in [0.15, 0.2) is 0 Å². The number of carbonyl (C=O) groups excluding carboxylic acids is 1. The number of rotatable bonds is 3. The highest BCUT2D eigenvalue weighted by atomic mass is 35.5.